The first-order chi connectivity index (χ1) is 14.9. The van der Waals surface area contributed by atoms with Gasteiger partial charge in [0.15, 0.2) is 0 Å². The summed E-state index contributed by atoms with van der Waals surface area (Å²) < 4.78 is 1.40. The Morgan fingerprint density at radius 1 is 1.16 bits per heavy atom. The monoisotopic (exact) mass is 444 g/mol. The molecular weight excluding hydrogens is 412 g/mol. The molecule has 2 aromatic rings. The fourth-order valence-electron chi connectivity index (χ4n) is 4.80. The topological polar surface area (TPSA) is 75.5 Å². The molecule has 0 radical (unpaired) electrons. The van der Waals surface area contributed by atoms with Crippen LogP contribution in [0.4, 0.5) is 0 Å². The molecule has 0 aromatic carbocycles. The molecule has 2 saturated heterocycles. The number of hydrogen-bond acceptors (Lipinski definition) is 5. The summed E-state index contributed by atoms with van der Waals surface area (Å²) in [6.07, 6.45) is 7.62. The molecule has 0 saturated carbocycles. The lowest BCUT2D eigenvalue weighted by molar-refractivity contribution is -0.133. The van der Waals surface area contributed by atoms with Gasteiger partial charge in [-0.15, -0.1) is 11.3 Å². The molecule has 0 N–H and O–H groups in total. The van der Waals surface area contributed by atoms with Gasteiger partial charge in [-0.1, -0.05) is 13.8 Å². The van der Waals surface area contributed by atoms with E-state index in [1.807, 2.05) is 16.7 Å². The number of hydrogen-bond donors (Lipinski definition) is 0. The SMILES string of the molecule is CCC1CCCCN1C(=O)c1sc2ncn(CC(=O)N3CCC(C)CC3)c(=O)c2c1C. The third-order valence-electron chi connectivity index (χ3n) is 6.91. The zero-order valence-corrected chi connectivity index (χ0v) is 19.5. The van der Waals surface area contributed by atoms with Gasteiger partial charge in [-0.05, 0) is 56.9 Å². The minimum absolute atomic E-state index is 0.00124. The van der Waals surface area contributed by atoms with Crippen LogP contribution in [0.2, 0.25) is 0 Å². The standard InChI is InChI=1S/C23H32N4O3S/c1-4-17-7-5-6-10-27(17)23(30)20-16(3)19-21(31-20)24-14-26(22(19)29)13-18(28)25-11-8-15(2)9-12-25/h14-15,17H,4-13H2,1-3H3. The fourth-order valence-corrected chi connectivity index (χ4v) is 5.90. The lowest BCUT2D eigenvalue weighted by atomic mass is 9.99. The summed E-state index contributed by atoms with van der Waals surface area (Å²) in [6, 6.07) is 0.264. The van der Waals surface area contributed by atoms with Crippen molar-refractivity contribution in [1.82, 2.24) is 19.4 Å². The summed E-state index contributed by atoms with van der Waals surface area (Å²) in [7, 11) is 0. The first-order valence-corrected chi connectivity index (χ1v) is 12.3. The third-order valence-corrected chi connectivity index (χ3v) is 8.10. The van der Waals surface area contributed by atoms with E-state index in [0.717, 1.165) is 58.2 Å². The second kappa shape index (κ2) is 9.10. The Hall–Kier alpha value is -2.22. The molecular formula is C23H32N4O3S. The van der Waals surface area contributed by atoms with Crippen LogP contribution < -0.4 is 5.56 Å². The Morgan fingerprint density at radius 2 is 1.90 bits per heavy atom. The lowest BCUT2D eigenvalue weighted by Crippen LogP contribution is -2.43. The zero-order chi connectivity index (χ0) is 22.1. The quantitative estimate of drug-likeness (QED) is 0.724. The van der Waals surface area contributed by atoms with E-state index >= 15 is 0 Å². The number of piperidine rings is 2. The highest BCUT2D eigenvalue weighted by Crippen LogP contribution is 2.30. The highest BCUT2D eigenvalue weighted by molar-refractivity contribution is 7.20. The number of nitrogens with zero attached hydrogens (tertiary/aromatic N) is 4. The molecule has 8 heteroatoms. The Bertz CT molecular complexity index is 1040. The van der Waals surface area contributed by atoms with Gasteiger partial charge in [-0.25, -0.2) is 4.98 Å². The van der Waals surface area contributed by atoms with Gasteiger partial charge in [-0.3, -0.25) is 19.0 Å². The maximum atomic E-state index is 13.3. The van der Waals surface area contributed by atoms with E-state index in [-0.39, 0.29) is 30.0 Å². The number of rotatable bonds is 4. The van der Waals surface area contributed by atoms with Crippen LogP contribution in [-0.2, 0) is 11.3 Å². The third kappa shape index (κ3) is 4.27. The van der Waals surface area contributed by atoms with E-state index in [4.69, 9.17) is 0 Å². The van der Waals surface area contributed by atoms with Gasteiger partial charge in [0, 0.05) is 25.7 Å². The van der Waals surface area contributed by atoms with Crippen molar-refractivity contribution in [3.63, 3.8) is 0 Å². The van der Waals surface area contributed by atoms with Crippen molar-refractivity contribution in [2.75, 3.05) is 19.6 Å². The van der Waals surface area contributed by atoms with E-state index in [1.54, 1.807) is 0 Å². The molecule has 7 nitrogen and oxygen atoms in total. The summed E-state index contributed by atoms with van der Waals surface area (Å²) >= 11 is 1.30. The number of carbonyl (C=O) groups excluding carboxylic acids is 2. The predicted molar refractivity (Wildman–Crippen MR) is 123 cm³/mol. The van der Waals surface area contributed by atoms with Gasteiger partial charge in [0.05, 0.1) is 16.6 Å². The minimum Gasteiger partial charge on any atom is -0.341 e. The molecule has 1 atom stereocenters. The van der Waals surface area contributed by atoms with Crippen molar-refractivity contribution in [1.29, 1.82) is 0 Å². The summed E-state index contributed by atoms with van der Waals surface area (Å²) in [5.41, 5.74) is 0.457. The zero-order valence-electron chi connectivity index (χ0n) is 18.7. The van der Waals surface area contributed by atoms with Crippen LogP contribution in [0.25, 0.3) is 10.2 Å². The van der Waals surface area contributed by atoms with Crippen LogP contribution in [-0.4, -0.2) is 56.8 Å². The predicted octanol–water partition coefficient (Wildman–Crippen LogP) is 3.43. The molecule has 31 heavy (non-hydrogen) atoms. The second-order valence-corrected chi connectivity index (χ2v) is 10.0. The van der Waals surface area contributed by atoms with Crippen LogP contribution in [0.5, 0.6) is 0 Å². The normalized spacial score (nSPS) is 20.4. The molecule has 0 bridgehead atoms. The van der Waals surface area contributed by atoms with Gasteiger partial charge in [0.25, 0.3) is 11.5 Å². The average Bonchev–Trinajstić information content (AvgIpc) is 3.12. The number of fused-ring (bicyclic) bond motifs is 1. The van der Waals surface area contributed by atoms with Crippen molar-refractivity contribution in [2.24, 2.45) is 5.92 Å². The molecule has 0 aliphatic carbocycles. The van der Waals surface area contributed by atoms with E-state index in [0.29, 0.717) is 26.6 Å². The molecule has 0 spiro atoms. The largest absolute Gasteiger partial charge is 0.341 e. The molecule has 4 heterocycles. The number of amides is 2. The maximum Gasteiger partial charge on any atom is 0.264 e. The highest BCUT2D eigenvalue weighted by atomic mass is 32.1. The lowest BCUT2D eigenvalue weighted by Gasteiger charge is -2.35. The van der Waals surface area contributed by atoms with E-state index in [2.05, 4.69) is 18.8 Å². The molecule has 2 aromatic heterocycles. The minimum atomic E-state index is -0.234. The van der Waals surface area contributed by atoms with Gasteiger partial charge in [-0.2, -0.15) is 0 Å². The van der Waals surface area contributed by atoms with E-state index in [1.165, 1.54) is 22.2 Å². The highest BCUT2D eigenvalue weighted by Gasteiger charge is 2.30. The number of aryl methyl sites for hydroxylation is 1. The summed E-state index contributed by atoms with van der Waals surface area (Å²) in [5.74, 6) is 0.608. The fraction of sp³-hybridized carbons (Fsp3) is 0.652. The summed E-state index contributed by atoms with van der Waals surface area (Å²) in [5, 5.41) is 0.473. The Labute approximate surface area is 187 Å². The van der Waals surface area contributed by atoms with Crippen molar-refractivity contribution in [3.8, 4) is 0 Å². The van der Waals surface area contributed by atoms with E-state index in [9.17, 15) is 14.4 Å². The Balaban J connectivity index is 1.60. The Kier molecular flexibility index (Phi) is 6.46. The van der Waals surface area contributed by atoms with Crippen LogP contribution in [0.1, 0.15) is 67.6 Å². The van der Waals surface area contributed by atoms with Crippen molar-refractivity contribution in [3.05, 3.63) is 27.1 Å². The second-order valence-electron chi connectivity index (χ2n) is 9.03. The number of thiophene rings is 1. The molecule has 2 aliphatic heterocycles. The number of aromatic nitrogens is 2. The van der Waals surface area contributed by atoms with Crippen molar-refractivity contribution in [2.45, 2.75) is 71.9 Å². The maximum absolute atomic E-state index is 13.3. The van der Waals surface area contributed by atoms with Gasteiger partial charge >= 0.3 is 0 Å². The van der Waals surface area contributed by atoms with Gasteiger partial charge < -0.3 is 9.80 Å². The summed E-state index contributed by atoms with van der Waals surface area (Å²) in [4.78, 5) is 48.6. The van der Waals surface area contributed by atoms with Crippen LogP contribution in [0, 0.1) is 12.8 Å². The van der Waals surface area contributed by atoms with Crippen LogP contribution >= 0.6 is 11.3 Å². The first kappa shape index (κ1) is 22.0. The van der Waals surface area contributed by atoms with Crippen molar-refractivity contribution >= 4 is 33.4 Å². The van der Waals surface area contributed by atoms with Gasteiger partial charge in [0.2, 0.25) is 5.91 Å². The molecule has 168 valence electrons. The smallest absolute Gasteiger partial charge is 0.264 e. The molecule has 1 unspecified atom stereocenters. The van der Waals surface area contributed by atoms with Crippen LogP contribution in [0.15, 0.2) is 11.1 Å². The Morgan fingerprint density at radius 3 is 2.61 bits per heavy atom. The summed E-state index contributed by atoms with van der Waals surface area (Å²) in [6.45, 7) is 8.41. The van der Waals surface area contributed by atoms with Gasteiger partial charge in [0.1, 0.15) is 11.4 Å². The first-order valence-electron chi connectivity index (χ1n) is 11.5. The number of carbonyl (C=O) groups is 2. The molecule has 2 fully saturated rings. The average molecular weight is 445 g/mol. The molecule has 2 aliphatic rings. The molecule has 4 rings (SSSR count). The van der Waals surface area contributed by atoms with E-state index < -0.39 is 0 Å². The molecule has 2 amide bonds. The van der Waals surface area contributed by atoms with Crippen molar-refractivity contribution < 1.29 is 9.59 Å². The number of likely N-dealkylation sites (tertiary alicyclic amines) is 2. The van der Waals surface area contributed by atoms with Crippen LogP contribution in [0.3, 0.4) is 0 Å².